The number of benzene rings is 1. The van der Waals surface area contributed by atoms with Crippen molar-refractivity contribution in [2.45, 2.75) is 25.2 Å². The normalized spacial score (nSPS) is 20.9. The van der Waals surface area contributed by atoms with Crippen molar-refractivity contribution in [1.82, 2.24) is 25.0 Å². The number of hydrogen-bond acceptors (Lipinski definition) is 4. The van der Waals surface area contributed by atoms with Crippen molar-refractivity contribution in [2.75, 3.05) is 0 Å². The Morgan fingerprint density at radius 2 is 2.00 bits per heavy atom. The Morgan fingerprint density at radius 3 is 2.60 bits per heavy atom. The number of rotatable bonds is 3. The maximum Gasteiger partial charge on any atom is 0.416 e. The number of hydrogen-bond donors (Lipinski definition) is 1. The van der Waals surface area contributed by atoms with Crippen LogP contribution in [0.5, 0.6) is 0 Å². The van der Waals surface area contributed by atoms with Gasteiger partial charge in [-0.05, 0) is 24.6 Å². The first kappa shape index (κ1) is 16.9. The predicted octanol–water partition coefficient (Wildman–Crippen LogP) is 1.80. The summed E-state index contributed by atoms with van der Waals surface area (Å²) >= 11 is 0. The number of carbonyl (C=O) groups is 2. The molecule has 132 valence electrons. The van der Waals surface area contributed by atoms with Gasteiger partial charge in [-0.3, -0.25) is 14.4 Å². The van der Waals surface area contributed by atoms with E-state index in [1.807, 2.05) is 0 Å². The minimum absolute atomic E-state index is 0.0566. The topological polar surface area (TPSA) is 80.1 Å². The van der Waals surface area contributed by atoms with Gasteiger partial charge in [0.05, 0.1) is 12.1 Å². The van der Waals surface area contributed by atoms with E-state index in [1.165, 1.54) is 30.1 Å². The van der Waals surface area contributed by atoms with Crippen molar-refractivity contribution in [3.8, 4) is 0 Å². The fourth-order valence-corrected chi connectivity index (χ4v) is 2.65. The van der Waals surface area contributed by atoms with Crippen LogP contribution < -0.4 is 5.32 Å². The average Bonchev–Trinajstić information content (AvgIpc) is 3.04. The van der Waals surface area contributed by atoms with Crippen LogP contribution in [0, 0.1) is 0 Å². The molecule has 2 aromatic rings. The highest BCUT2D eigenvalue weighted by Crippen LogP contribution is 2.34. The lowest BCUT2D eigenvalue weighted by atomic mass is 9.90. The molecule has 1 aromatic heterocycles. The molecule has 0 bridgehead atoms. The Kier molecular flexibility index (Phi) is 3.77. The number of carbonyl (C=O) groups excluding carboxylic acids is 2. The molecule has 1 N–H and O–H groups in total. The molecule has 1 aliphatic rings. The van der Waals surface area contributed by atoms with E-state index in [0.29, 0.717) is 5.82 Å². The average molecular weight is 353 g/mol. The molecule has 1 fully saturated rings. The molecule has 10 heteroatoms. The Balaban J connectivity index is 1.94. The summed E-state index contributed by atoms with van der Waals surface area (Å²) < 4.78 is 40.2. The summed E-state index contributed by atoms with van der Waals surface area (Å²) in [5.74, 6) is -0.281. The Bertz CT molecular complexity index is 848. The molecule has 1 aromatic carbocycles. The Labute approximate surface area is 140 Å². The van der Waals surface area contributed by atoms with E-state index in [9.17, 15) is 22.8 Å². The molecule has 3 amide bonds. The molecule has 0 saturated carbocycles. The smallest absolute Gasteiger partial charge is 0.319 e. The molecule has 7 nitrogen and oxygen atoms in total. The number of imide groups is 1. The van der Waals surface area contributed by atoms with Gasteiger partial charge in [-0.25, -0.2) is 9.78 Å². The zero-order chi connectivity index (χ0) is 18.4. The molecule has 1 unspecified atom stereocenters. The second-order valence-corrected chi connectivity index (χ2v) is 5.82. The van der Waals surface area contributed by atoms with Crippen LogP contribution in [0.1, 0.15) is 23.9 Å². The molecular weight excluding hydrogens is 339 g/mol. The van der Waals surface area contributed by atoms with E-state index in [-0.39, 0.29) is 12.1 Å². The SMILES string of the molecule is Cn1ncnc1CN1C(=O)NC(C)(c2cccc(C(F)(F)F)c2)C1=O. The van der Waals surface area contributed by atoms with Crippen LogP contribution in [0.4, 0.5) is 18.0 Å². The molecule has 25 heavy (non-hydrogen) atoms. The van der Waals surface area contributed by atoms with Gasteiger partial charge < -0.3 is 5.32 Å². The molecule has 0 radical (unpaired) electrons. The van der Waals surface area contributed by atoms with Crippen molar-refractivity contribution >= 4 is 11.9 Å². The number of aryl methyl sites for hydroxylation is 1. The second-order valence-electron chi connectivity index (χ2n) is 5.82. The number of nitrogens with zero attached hydrogens (tertiary/aromatic N) is 4. The van der Waals surface area contributed by atoms with E-state index in [1.54, 1.807) is 7.05 Å². The van der Waals surface area contributed by atoms with Gasteiger partial charge in [-0.1, -0.05) is 12.1 Å². The highest BCUT2D eigenvalue weighted by Gasteiger charge is 2.49. The van der Waals surface area contributed by atoms with E-state index >= 15 is 0 Å². The Hall–Kier alpha value is -2.91. The molecule has 1 saturated heterocycles. The van der Waals surface area contributed by atoms with Gasteiger partial charge in [0.15, 0.2) is 0 Å². The lowest BCUT2D eigenvalue weighted by molar-refractivity contribution is -0.138. The minimum atomic E-state index is -4.55. The summed E-state index contributed by atoms with van der Waals surface area (Å²) in [4.78, 5) is 29.8. The number of nitrogens with one attached hydrogen (secondary N) is 1. The molecule has 1 aliphatic heterocycles. The standard InChI is InChI=1S/C15H14F3N5O2/c1-14(9-4-3-5-10(6-9)15(16,17)18)12(24)23(13(25)21-14)7-11-19-8-20-22(11)2/h3-6,8H,7H2,1-2H3,(H,21,25). The zero-order valence-corrected chi connectivity index (χ0v) is 13.3. The summed E-state index contributed by atoms with van der Waals surface area (Å²) in [5.41, 5.74) is -2.42. The summed E-state index contributed by atoms with van der Waals surface area (Å²) in [6.45, 7) is 1.25. The van der Waals surface area contributed by atoms with Gasteiger partial charge >= 0.3 is 12.2 Å². The highest BCUT2D eigenvalue weighted by molar-refractivity contribution is 6.07. The summed E-state index contributed by atoms with van der Waals surface area (Å²) in [7, 11) is 1.60. The molecule has 0 aliphatic carbocycles. The first-order valence-electron chi connectivity index (χ1n) is 7.27. The van der Waals surface area contributed by atoms with Crippen LogP contribution in [-0.4, -0.2) is 31.6 Å². The number of alkyl halides is 3. The van der Waals surface area contributed by atoms with E-state index in [2.05, 4.69) is 15.4 Å². The van der Waals surface area contributed by atoms with Gasteiger partial charge in [0.1, 0.15) is 17.7 Å². The highest BCUT2D eigenvalue weighted by atomic mass is 19.4. The zero-order valence-electron chi connectivity index (χ0n) is 13.3. The van der Waals surface area contributed by atoms with Crippen molar-refractivity contribution in [1.29, 1.82) is 0 Å². The van der Waals surface area contributed by atoms with Gasteiger partial charge in [-0.2, -0.15) is 18.3 Å². The monoisotopic (exact) mass is 353 g/mol. The number of aromatic nitrogens is 3. The van der Waals surface area contributed by atoms with Crippen LogP contribution >= 0.6 is 0 Å². The van der Waals surface area contributed by atoms with Crippen molar-refractivity contribution in [3.63, 3.8) is 0 Å². The summed E-state index contributed by atoms with van der Waals surface area (Å²) in [5, 5.41) is 6.32. The number of urea groups is 1. The van der Waals surface area contributed by atoms with Gasteiger partial charge in [-0.15, -0.1) is 0 Å². The molecule has 1 atom stereocenters. The third-order valence-electron chi connectivity index (χ3n) is 4.15. The summed E-state index contributed by atoms with van der Waals surface area (Å²) in [6, 6.07) is 3.65. The van der Waals surface area contributed by atoms with Crippen molar-refractivity contribution < 1.29 is 22.8 Å². The van der Waals surface area contributed by atoms with Crippen LogP contribution in [0.2, 0.25) is 0 Å². The maximum absolute atomic E-state index is 12.9. The minimum Gasteiger partial charge on any atom is -0.319 e. The largest absolute Gasteiger partial charge is 0.416 e. The first-order chi connectivity index (χ1) is 11.6. The van der Waals surface area contributed by atoms with Crippen molar-refractivity contribution in [2.24, 2.45) is 7.05 Å². The van der Waals surface area contributed by atoms with Gasteiger partial charge in [0.25, 0.3) is 5.91 Å². The third kappa shape index (κ3) is 2.83. The Morgan fingerprint density at radius 1 is 1.28 bits per heavy atom. The second kappa shape index (κ2) is 5.57. The van der Waals surface area contributed by atoms with E-state index in [0.717, 1.165) is 17.0 Å². The predicted molar refractivity (Wildman–Crippen MR) is 78.9 cm³/mol. The fraction of sp³-hybridized carbons (Fsp3) is 0.333. The summed E-state index contributed by atoms with van der Waals surface area (Å²) in [6.07, 6.45) is -3.27. The lowest BCUT2D eigenvalue weighted by Gasteiger charge is -2.23. The van der Waals surface area contributed by atoms with Crippen LogP contribution in [0.3, 0.4) is 0 Å². The van der Waals surface area contributed by atoms with E-state index in [4.69, 9.17) is 0 Å². The first-order valence-corrected chi connectivity index (χ1v) is 7.27. The van der Waals surface area contributed by atoms with Crippen LogP contribution in [0.15, 0.2) is 30.6 Å². The van der Waals surface area contributed by atoms with E-state index < -0.39 is 29.2 Å². The number of amides is 3. The van der Waals surface area contributed by atoms with Gasteiger partial charge in [0.2, 0.25) is 0 Å². The van der Waals surface area contributed by atoms with Crippen molar-refractivity contribution in [3.05, 3.63) is 47.5 Å². The molecule has 3 rings (SSSR count). The van der Waals surface area contributed by atoms with Gasteiger partial charge in [0, 0.05) is 7.05 Å². The van der Waals surface area contributed by atoms with Crippen LogP contribution in [-0.2, 0) is 30.1 Å². The quantitative estimate of drug-likeness (QED) is 0.854. The maximum atomic E-state index is 12.9. The molecule has 0 spiro atoms. The molecule has 2 heterocycles. The van der Waals surface area contributed by atoms with Crippen LogP contribution in [0.25, 0.3) is 0 Å². The third-order valence-corrected chi connectivity index (χ3v) is 4.15. The fourth-order valence-electron chi connectivity index (χ4n) is 2.65. The lowest BCUT2D eigenvalue weighted by Crippen LogP contribution is -2.41. The number of halogens is 3. The molecular formula is C15H14F3N5O2.